The van der Waals surface area contributed by atoms with Gasteiger partial charge in [0.15, 0.2) is 5.11 Å². The summed E-state index contributed by atoms with van der Waals surface area (Å²) in [4.78, 5) is 0. The fourth-order valence-corrected chi connectivity index (χ4v) is 2.42. The molecule has 0 atom stereocenters. The molecule has 0 heterocycles. The van der Waals surface area contributed by atoms with Crippen LogP contribution in [0, 0.1) is 6.92 Å². The highest BCUT2D eigenvalue weighted by atomic mass is 32.1. The van der Waals surface area contributed by atoms with Gasteiger partial charge >= 0.3 is 6.61 Å². The number of halogens is 2. The van der Waals surface area contributed by atoms with Gasteiger partial charge in [-0.3, -0.25) is 0 Å². The molecule has 2 aromatic carbocycles. The van der Waals surface area contributed by atoms with Gasteiger partial charge in [0.05, 0.1) is 0 Å². The molecule has 0 aliphatic heterocycles. The summed E-state index contributed by atoms with van der Waals surface area (Å²) in [5, 5.41) is 6.58. The second-order valence-corrected chi connectivity index (χ2v) is 6.12. The molecule has 0 amide bonds. The Bertz CT molecular complexity index is 703. The maximum atomic E-state index is 12.2. The Kier molecular flexibility index (Phi) is 6.09. The highest BCUT2D eigenvalue weighted by Crippen LogP contribution is 2.23. The summed E-state index contributed by atoms with van der Waals surface area (Å²) in [5.74, 6) is 0.594. The van der Waals surface area contributed by atoms with Gasteiger partial charge in [-0.2, -0.15) is 8.78 Å². The highest BCUT2D eigenvalue weighted by molar-refractivity contribution is 7.80. The first-order chi connectivity index (χ1) is 11.3. The van der Waals surface area contributed by atoms with Crippen molar-refractivity contribution < 1.29 is 13.5 Å². The summed E-state index contributed by atoms with van der Waals surface area (Å²) in [5.41, 5.74) is 3.62. The molecule has 0 saturated carbocycles. The number of alkyl halides is 2. The van der Waals surface area contributed by atoms with E-state index in [1.54, 1.807) is 13.0 Å². The molecule has 6 heteroatoms. The van der Waals surface area contributed by atoms with Gasteiger partial charge in [0.2, 0.25) is 0 Å². The number of ether oxygens (including phenoxy) is 1. The SMILES string of the molecule is Cc1cc(OC(F)F)ccc1NC(=S)Nc1ccc(C(C)C)cc1. The summed E-state index contributed by atoms with van der Waals surface area (Å²) in [7, 11) is 0. The van der Waals surface area contributed by atoms with Crippen LogP contribution in [-0.4, -0.2) is 11.7 Å². The van der Waals surface area contributed by atoms with Crippen molar-refractivity contribution in [1.82, 2.24) is 0 Å². The van der Waals surface area contributed by atoms with Gasteiger partial charge in [0.1, 0.15) is 5.75 Å². The number of rotatable bonds is 5. The topological polar surface area (TPSA) is 33.3 Å². The van der Waals surface area contributed by atoms with E-state index in [1.807, 2.05) is 12.1 Å². The van der Waals surface area contributed by atoms with Gasteiger partial charge in [-0.15, -0.1) is 0 Å². The smallest absolute Gasteiger partial charge is 0.387 e. The fraction of sp³-hybridized carbons (Fsp3) is 0.278. The molecule has 0 aliphatic carbocycles. The Labute approximate surface area is 146 Å². The van der Waals surface area contributed by atoms with Crippen LogP contribution in [-0.2, 0) is 0 Å². The summed E-state index contributed by atoms with van der Waals surface area (Å²) in [6.07, 6.45) is 0. The average molecular weight is 350 g/mol. The van der Waals surface area contributed by atoms with E-state index < -0.39 is 6.61 Å². The predicted molar refractivity (Wildman–Crippen MR) is 98.2 cm³/mol. The van der Waals surface area contributed by atoms with Crippen LogP contribution in [0.4, 0.5) is 20.2 Å². The number of aryl methyl sites for hydroxylation is 1. The van der Waals surface area contributed by atoms with Gasteiger partial charge in [-0.25, -0.2) is 0 Å². The summed E-state index contributed by atoms with van der Waals surface area (Å²) in [6, 6.07) is 12.7. The molecule has 0 fully saturated rings. The van der Waals surface area contributed by atoms with Crippen molar-refractivity contribution in [2.24, 2.45) is 0 Å². The maximum absolute atomic E-state index is 12.2. The Morgan fingerprint density at radius 3 is 2.25 bits per heavy atom. The molecule has 0 bridgehead atoms. The summed E-state index contributed by atoms with van der Waals surface area (Å²) < 4.78 is 28.8. The van der Waals surface area contributed by atoms with Crippen LogP contribution in [0.2, 0.25) is 0 Å². The Hall–Kier alpha value is -2.21. The molecule has 2 rings (SSSR count). The highest BCUT2D eigenvalue weighted by Gasteiger charge is 2.07. The second kappa shape index (κ2) is 8.06. The molecular formula is C18H20F2N2OS. The van der Waals surface area contributed by atoms with E-state index in [-0.39, 0.29) is 5.75 Å². The van der Waals surface area contributed by atoms with Crippen molar-refractivity contribution in [2.75, 3.05) is 10.6 Å². The molecule has 0 aliphatic rings. The Balaban J connectivity index is 1.99. The number of benzene rings is 2. The summed E-state index contributed by atoms with van der Waals surface area (Å²) in [6.45, 7) is 3.23. The zero-order valence-electron chi connectivity index (χ0n) is 13.8. The van der Waals surface area contributed by atoms with Gasteiger partial charge < -0.3 is 15.4 Å². The molecule has 2 aromatic rings. The van der Waals surface area contributed by atoms with E-state index in [9.17, 15) is 8.78 Å². The van der Waals surface area contributed by atoms with Crippen molar-refractivity contribution >= 4 is 28.7 Å². The van der Waals surface area contributed by atoms with Gasteiger partial charge in [0.25, 0.3) is 0 Å². The molecular weight excluding hydrogens is 330 g/mol. The quantitative estimate of drug-likeness (QED) is 0.695. The maximum Gasteiger partial charge on any atom is 0.387 e. The van der Waals surface area contributed by atoms with E-state index in [0.29, 0.717) is 11.0 Å². The third kappa shape index (κ3) is 5.16. The van der Waals surface area contributed by atoms with Crippen LogP contribution in [0.15, 0.2) is 42.5 Å². The lowest BCUT2D eigenvalue weighted by Crippen LogP contribution is -2.19. The molecule has 0 spiro atoms. The summed E-state index contributed by atoms with van der Waals surface area (Å²) >= 11 is 5.29. The fourth-order valence-electron chi connectivity index (χ4n) is 2.19. The third-order valence-corrected chi connectivity index (χ3v) is 3.71. The largest absolute Gasteiger partial charge is 0.435 e. The Morgan fingerprint density at radius 1 is 1.04 bits per heavy atom. The zero-order valence-corrected chi connectivity index (χ0v) is 14.6. The van der Waals surface area contributed by atoms with Gasteiger partial charge in [0, 0.05) is 11.4 Å². The molecule has 0 saturated heterocycles. The monoisotopic (exact) mass is 350 g/mol. The van der Waals surface area contributed by atoms with Crippen LogP contribution >= 0.6 is 12.2 Å². The lowest BCUT2D eigenvalue weighted by Gasteiger charge is -2.14. The first-order valence-electron chi connectivity index (χ1n) is 7.58. The first kappa shape index (κ1) is 18.1. The zero-order chi connectivity index (χ0) is 17.7. The van der Waals surface area contributed by atoms with Crippen LogP contribution in [0.1, 0.15) is 30.9 Å². The molecule has 3 nitrogen and oxygen atoms in total. The van der Waals surface area contributed by atoms with Crippen LogP contribution in [0.25, 0.3) is 0 Å². The van der Waals surface area contributed by atoms with Crippen LogP contribution in [0.3, 0.4) is 0 Å². The van der Waals surface area contributed by atoms with Gasteiger partial charge in [-0.05, 0) is 66.5 Å². The number of hydrogen-bond acceptors (Lipinski definition) is 2. The van der Waals surface area contributed by atoms with E-state index in [0.717, 1.165) is 16.9 Å². The van der Waals surface area contributed by atoms with Crippen molar-refractivity contribution in [3.63, 3.8) is 0 Å². The molecule has 24 heavy (non-hydrogen) atoms. The minimum atomic E-state index is -2.83. The predicted octanol–water partition coefficient (Wildman–Crippen LogP) is 5.53. The van der Waals surface area contributed by atoms with E-state index in [1.165, 1.54) is 17.7 Å². The molecule has 0 aromatic heterocycles. The minimum absolute atomic E-state index is 0.121. The normalized spacial score (nSPS) is 10.8. The molecule has 0 radical (unpaired) electrons. The standard InChI is InChI=1S/C18H20F2N2OS/c1-11(2)13-4-6-14(7-5-13)21-18(24)22-16-9-8-15(10-12(16)3)23-17(19)20/h4-11,17H,1-3H3,(H2,21,22,24). The average Bonchev–Trinajstić information content (AvgIpc) is 2.50. The molecule has 2 N–H and O–H groups in total. The van der Waals surface area contributed by atoms with Crippen molar-refractivity contribution in [3.8, 4) is 5.75 Å². The van der Waals surface area contributed by atoms with Crippen LogP contribution < -0.4 is 15.4 Å². The van der Waals surface area contributed by atoms with Crippen LogP contribution in [0.5, 0.6) is 5.75 Å². The van der Waals surface area contributed by atoms with E-state index in [4.69, 9.17) is 12.2 Å². The van der Waals surface area contributed by atoms with Gasteiger partial charge in [-0.1, -0.05) is 26.0 Å². The van der Waals surface area contributed by atoms with Crippen molar-refractivity contribution in [3.05, 3.63) is 53.6 Å². The lowest BCUT2D eigenvalue weighted by molar-refractivity contribution is -0.0498. The second-order valence-electron chi connectivity index (χ2n) is 5.71. The minimum Gasteiger partial charge on any atom is -0.435 e. The molecule has 0 unspecified atom stereocenters. The Morgan fingerprint density at radius 2 is 1.71 bits per heavy atom. The first-order valence-corrected chi connectivity index (χ1v) is 7.99. The molecule has 128 valence electrons. The number of anilines is 2. The lowest BCUT2D eigenvalue weighted by atomic mass is 10.0. The number of thiocarbonyl (C=S) groups is 1. The number of nitrogens with one attached hydrogen (secondary N) is 2. The number of hydrogen-bond donors (Lipinski definition) is 2. The van der Waals surface area contributed by atoms with E-state index in [2.05, 4.69) is 41.4 Å². The van der Waals surface area contributed by atoms with Crippen molar-refractivity contribution in [2.45, 2.75) is 33.3 Å². The third-order valence-electron chi connectivity index (χ3n) is 3.51. The van der Waals surface area contributed by atoms with E-state index >= 15 is 0 Å². The van der Waals surface area contributed by atoms with Crippen molar-refractivity contribution in [1.29, 1.82) is 0 Å².